The van der Waals surface area contributed by atoms with Crippen LogP contribution in [-0.4, -0.2) is 60.0 Å². The molecule has 1 aliphatic heterocycles. The lowest BCUT2D eigenvalue weighted by Gasteiger charge is -2.24. The van der Waals surface area contributed by atoms with Crippen molar-refractivity contribution in [3.63, 3.8) is 0 Å². The average Bonchev–Trinajstić information content (AvgIpc) is 2.70. The molecule has 3 atom stereocenters. The Hall–Kier alpha value is -1.51. The zero-order valence-electron chi connectivity index (χ0n) is 11.1. The highest BCUT2D eigenvalue weighted by atomic mass is 19.4. The number of ether oxygens (including phenoxy) is 1. The maximum atomic E-state index is 12.2. The second-order valence-corrected chi connectivity index (χ2v) is 4.77. The fraction of sp³-hybridized carbons (Fsp3) is 0.818. The molecule has 0 saturated carbocycles. The molecule has 1 aliphatic rings. The van der Waals surface area contributed by atoms with Crippen LogP contribution < -0.4 is 5.32 Å². The van der Waals surface area contributed by atoms with Crippen molar-refractivity contribution in [2.45, 2.75) is 44.1 Å². The smallest absolute Gasteiger partial charge is 0.391 e. The monoisotopic (exact) mass is 298 g/mol. The summed E-state index contributed by atoms with van der Waals surface area (Å²) < 4.78 is 41.5. The minimum atomic E-state index is -4.39. The van der Waals surface area contributed by atoms with Crippen LogP contribution in [0, 0.1) is 0 Å². The topological polar surface area (TPSA) is 78.9 Å². The van der Waals surface area contributed by atoms with Crippen LogP contribution in [0.4, 0.5) is 18.0 Å². The van der Waals surface area contributed by atoms with Crippen LogP contribution in [-0.2, 0) is 9.53 Å². The number of carbonyl (C=O) groups is 2. The fourth-order valence-corrected chi connectivity index (χ4v) is 2.12. The van der Waals surface area contributed by atoms with Gasteiger partial charge in [-0.3, -0.25) is 0 Å². The predicted molar refractivity (Wildman–Crippen MR) is 62.2 cm³/mol. The van der Waals surface area contributed by atoms with Crippen LogP contribution >= 0.6 is 0 Å². The average molecular weight is 298 g/mol. The van der Waals surface area contributed by atoms with Gasteiger partial charge in [0.2, 0.25) is 0 Å². The van der Waals surface area contributed by atoms with Gasteiger partial charge in [0.05, 0.1) is 12.5 Å². The number of urea groups is 1. The molecule has 20 heavy (non-hydrogen) atoms. The van der Waals surface area contributed by atoms with E-state index in [0.717, 1.165) is 4.90 Å². The molecule has 1 fully saturated rings. The molecule has 0 aromatic carbocycles. The van der Waals surface area contributed by atoms with Crippen molar-refractivity contribution in [1.29, 1.82) is 0 Å². The highest BCUT2D eigenvalue weighted by Crippen LogP contribution is 2.23. The molecule has 0 aromatic rings. The number of hydrogen-bond donors (Lipinski definition) is 2. The van der Waals surface area contributed by atoms with Gasteiger partial charge in [-0.1, -0.05) is 0 Å². The van der Waals surface area contributed by atoms with Gasteiger partial charge in [-0.15, -0.1) is 0 Å². The molecule has 9 heteroatoms. The molecular weight excluding hydrogens is 281 g/mol. The first-order valence-corrected chi connectivity index (χ1v) is 6.03. The summed E-state index contributed by atoms with van der Waals surface area (Å²) in [4.78, 5) is 23.9. The Labute approximate surface area is 113 Å². The van der Waals surface area contributed by atoms with Crippen LogP contribution in [0.1, 0.15) is 19.8 Å². The van der Waals surface area contributed by atoms with E-state index in [1.165, 1.54) is 14.0 Å². The number of rotatable bonds is 4. The first-order chi connectivity index (χ1) is 9.14. The van der Waals surface area contributed by atoms with Gasteiger partial charge in [-0.25, -0.2) is 9.59 Å². The normalized spacial score (nSPS) is 24.6. The van der Waals surface area contributed by atoms with E-state index in [-0.39, 0.29) is 13.0 Å². The van der Waals surface area contributed by atoms with Gasteiger partial charge < -0.3 is 20.1 Å². The van der Waals surface area contributed by atoms with Gasteiger partial charge >= 0.3 is 18.2 Å². The molecule has 1 saturated heterocycles. The van der Waals surface area contributed by atoms with Gasteiger partial charge in [0.1, 0.15) is 6.04 Å². The number of carboxylic acids is 1. The van der Waals surface area contributed by atoms with Gasteiger partial charge in [0.15, 0.2) is 0 Å². The number of amides is 2. The predicted octanol–water partition coefficient (Wildman–Crippen LogP) is 1.21. The number of carboxylic acid groups (broad SMARTS) is 1. The highest BCUT2D eigenvalue weighted by Gasteiger charge is 2.40. The third-order valence-corrected chi connectivity index (χ3v) is 3.05. The van der Waals surface area contributed by atoms with Crippen molar-refractivity contribution in [3.05, 3.63) is 0 Å². The van der Waals surface area contributed by atoms with E-state index in [9.17, 15) is 22.8 Å². The van der Waals surface area contributed by atoms with Crippen LogP contribution in [0.15, 0.2) is 0 Å². The Morgan fingerprint density at radius 3 is 2.55 bits per heavy atom. The number of nitrogens with zero attached hydrogens (tertiary/aromatic N) is 1. The van der Waals surface area contributed by atoms with E-state index in [2.05, 4.69) is 5.32 Å². The summed E-state index contributed by atoms with van der Waals surface area (Å²) in [6.07, 6.45) is -5.87. The van der Waals surface area contributed by atoms with Crippen molar-refractivity contribution >= 4 is 12.0 Å². The van der Waals surface area contributed by atoms with E-state index in [0.29, 0.717) is 0 Å². The molecule has 3 unspecified atom stereocenters. The molecule has 116 valence electrons. The first-order valence-electron chi connectivity index (χ1n) is 6.03. The third kappa shape index (κ3) is 4.55. The number of methoxy groups -OCH3 is 1. The molecule has 0 aromatic heterocycles. The second kappa shape index (κ2) is 6.29. The zero-order chi connectivity index (χ0) is 15.5. The quantitative estimate of drug-likeness (QED) is 0.817. The molecule has 2 amide bonds. The number of nitrogens with one attached hydrogen (secondary N) is 1. The molecule has 6 nitrogen and oxygen atoms in total. The summed E-state index contributed by atoms with van der Waals surface area (Å²) in [5, 5.41) is 11.2. The minimum absolute atomic E-state index is 0.0397. The maximum absolute atomic E-state index is 12.2. The van der Waals surface area contributed by atoms with Gasteiger partial charge in [0.25, 0.3) is 0 Å². The first kappa shape index (κ1) is 16.5. The molecule has 0 bridgehead atoms. The molecular formula is C11H17F3N2O4. The Morgan fingerprint density at radius 1 is 1.50 bits per heavy atom. The molecule has 1 rings (SSSR count). The van der Waals surface area contributed by atoms with Crippen molar-refractivity contribution < 1.29 is 32.6 Å². The number of carbonyl (C=O) groups excluding carboxylic acids is 1. The Kier molecular flexibility index (Phi) is 5.21. The number of alkyl halides is 3. The van der Waals surface area contributed by atoms with Crippen molar-refractivity contribution in [3.8, 4) is 0 Å². The van der Waals surface area contributed by atoms with Gasteiger partial charge in [-0.2, -0.15) is 13.2 Å². The Bertz CT molecular complexity index is 375. The van der Waals surface area contributed by atoms with E-state index in [4.69, 9.17) is 9.84 Å². The summed E-state index contributed by atoms with van der Waals surface area (Å²) >= 11 is 0. The molecule has 0 radical (unpaired) electrons. The Balaban J connectivity index is 2.63. The summed E-state index contributed by atoms with van der Waals surface area (Å²) in [6, 6.07) is -3.04. The maximum Gasteiger partial charge on any atom is 0.391 e. The largest absolute Gasteiger partial charge is 0.480 e. The summed E-state index contributed by atoms with van der Waals surface area (Å²) in [5.74, 6) is -1.21. The number of likely N-dealkylation sites (tertiary alicyclic amines) is 1. The van der Waals surface area contributed by atoms with E-state index >= 15 is 0 Å². The molecule has 0 spiro atoms. The lowest BCUT2D eigenvalue weighted by molar-refractivity contribution is -0.142. The van der Waals surface area contributed by atoms with Gasteiger partial charge in [0, 0.05) is 26.1 Å². The van der Waals surface area contributed by atoms with Gasteiger partial charge in [-0.05, 0) is 6.92 Å². The lowest BCUT2D eigenvalue weighted by atomic mass is 10.2. The van der Waals surface area contributed by atoms with Crippen LogP contribution in [0.5, 0.6) is 0 Å². The summed E-state index contributed by atoms with van der Waals surface area (Å²) in [7, 11) is 1.39. The van der Waals surface area contributed by atoms with E-state index in [1.54, 1.807) is 0 Å². The summed E-state index contributed by atoms with van der Waals surface area (Å²) in [6.45, 7) is 1.25. The number of hydrogen-bond acceptors (Lipinski definition) is 3. The summed E-state index contributed by atoms with van der Waals surface area (Å²) in [5.41, 5.74) is 0. The zero-order valence-corrected chi connectivity index (χ0v) is 11.1. The SMILES string of the molecule is COC1CC(C(=O)O)N(C(=O)NC(C)CC(F)(F)F)C1. The van der Waals surface area contributed by atoms with Crippen molar-refractivity contribution in [2.75, 3.05) is 13.7 Å². The Morgan fingerprint density at radius 2 is 2.10 bits per heavy atom. The molecule has 1 heterocycles. The van der Waals surface area contributed by atoms with Crippen LogP contribution in [0.25, 0.3) is 0 Å². The van der Waals surface area contributed by atoms with Crippen molar-refractivity contribution in [1.82, 2.24) is 10.2 Å². The van der Waals surface area contributed by atoms with Crippen LogP contribution in [0.3, 0.4) is 0 Å². The lowest BCUT2D eigenvalue weighted by Crippen LogP contribution is -2.49. The molecule has 2 N–H and O–H groups in total. The number of halogens is 3. The minimum Gasteiger partial charge on any atom is -0.480 e. The standard InChI is InChI=1S/C11H17F3N2O4/c1-6(4-11(12,13)14)15-10(19)16-5-7(20-2)3-8(16)9(17)18/h6-8H,3-5H2,1-2H3,(H,15,19)(H,17,18). The van der Waals surface area contributed by atoms with Crippen molar-refractivity contribution in [2.24, 2.45) is 0 Å². The number of aliphatic carboxylic acids is 1. The fourth-order valence-electron chi connectivity index (χ4n) is 2.12. The van der Waals surface area contributed by atoms with E-state index < -0.39 is 42.8 Å². The highest BCUT2D eigenvalue weighted by molar-refractivity contribution is 5.83. The molecule has 0 aliphatic carbocycles. The second-order valence-electron chi connectivity index (χ2n) is 4.77. The van der Waals surface area contributed by atoms with E-state index in [1.807, 2.05) is 0 Å². The van der Waals surface area contributed by atoms with Crippen LogP contribution in [0.2, 0.25) is 0 Å². The third-order valence-electron chi connectivity index (χ3n) is 3.05.